The first-order valence-corrected chi connectivity index (χ1v) is 24.8. The summed E-state index contributed by atoms with van der Waals surface area (Å²) in [6, 6.07) is 0. The molecule has 0 bridgehead atoms. The van der Waals surface area contributed by atoms with E-state index in [0.717, 1.165) is 50.5 Å². The lowest BCUT2D eigenvalue weighted by atomic mass is 9.59. The molecule has 9 heteroatoms. The van der Waals surface area contributed by atoms with Crippen molar-refractivity contribution in [1.29, 1.82) is 0 Å². The molecule has 0 radical (unpaired) electrons. The number of carbonyl (C=O) groups excluding carboxylic acids is 3. The van der Waals surface area contributed by atoms with E-state index in [-0.39, 0.29) is 86.9 Å². The van der Waals surface area contributed by atoms with Gasteiger partial charge in [-0.1, -0.05) is 151 Å². The van der Waals surface area contributed by atoms with E-state index in [1.165, 1.54) is 0 Å². The number of carbonyl (C=O) groups is 3. The van der Waals surface area contributed by atoms with Crippen LogP contribution >= 0.6 is 0 Å². The Kier molecular flexibility index (Phi) is 16.7. The molecule has 2 fully saturated rings. The number of anilines is 1. The Hall–Kier alpha value is -3.23. The van der Waals surface area contributed by atoms with Gasteiger partial charge in [0, 0.05) is 40.9 Å². The summed E-state index contributed by atoms with van der Waals surface area (Å²) in [6.07, 6.45) is 8.66. The van der Waals surface area contributed by atoms with Crippen molar-refractivity contribution in [3.05, 3.63) is 33.8 Å². The Morgan fingerprint density at radius 2 is 1.14 bits per heavy atom. The highest BCUT2D eigenvalue weighted by atomic mass is 16.5. The topological polar surface area (TPSA) is 122 Å². The molecule has 2 heterocycles. The summed E-state index contributed by atoms with van der Waals surface area (Å²) in [5.74, 6) is 0.620. The molecule has 1 aromatic heterocycles. The van der Waals surface area contributed by atoms with Gasteiger partial charge in [-0.25, -0.2) is 9.59 Å². The summed E-state index contributed by atoms with van der Waals surface area (Å²) >= 11 is 0. The summed E-state index contributed by atoms with van der Waals surface area (Å²) in [5, 5.41) is 12.4. The number of aromatic nitrogens is 1. The molecular weight excluding hydrogens is 785 g/mol. The van der Waals surface area contributed by atoms with Crippen LogP contribution in [-0.2, 0) is 19.1 Å². The number of allylic oxidation sites excluding steroid dienone is 1. The number of nitrogens with zero attached hydrogens (tertiary/aromatic N) is 2. The molecule has 2 aliphatic carbocycles. The number of hydrogen-bond acceptors (Lipinski definition) is 7. The predicted octanol–water partition coefficient (Wildman–Crippen LogP) is 15.0. The third-order valence-electron chi connectivity index (χ3n) is 14.9. The lowest BCUT2D eigenvalue weighted by Crippen LogP contribution is -2.49. The molecule has 5 unspecified atom stereocenters. The standard InChI is InChI=1S/C54H90N4O5/c1-21-23-24-34(22-2)48(59)56-47-43(49(60)62-45-35(51(9,10)11)25-32(7)26-36(45)52(12,13)14)41(30(3)4)39(55-47)29-40-42(31(5)6)44(58-57-40)50(61)63-46-37(53(15,16)17)27-33(8)28-38(46)54(18,19)20/h29-38,45-46,55H,21-28H2,1-20H3,(H,56,59). The highest BCUT2D eigenvalue weighted by Gasteiger charge is 2.50. The van der Waals surface area contributed by atoms with E-state index in [4.69, 9.17) is 9.47 Å². The molecule has 2 saturated carbocycles. The van der Waals surface area contributed by atoms with Crippen molar-refractivity contribution >= 4 is 29.7 Å². The number of amides is 1. The highest BCUT2D eigenvalue weighted by Crippen LogP contribution is 2.52. The van der Waals surface area contributed by atoms with Crippen molar-refractivity contribution in [2.75, 3.05) is 5.32 Å². The smallest absolute Gasteiger partial charge is 0.359 e. The number of H-pyrrole nitrogens is 1. The van der Waals surface area contributed by atoms with E-state index in [1.54, 1.807) is 0 Å². The van der Waals surface area contributed by atoms with Gasteiger partial charge in [0.25, 0.3) is 0 Å². The van der Waals surface area contributed by atoms with Crippen molar-refractivity contribution in [3.8, 4) is 0 Å². The van der Waals surface area contributed by atoms with Crippen LogP contribution < -0.4 is 5.32 Å². The Morgan fingerprint density at radius 1 is 0.698 bits per heavy atom. The van der Waals surface area contributed by atoms with E-state index < -0.39 is 11.9 Å². The number of rotatable bonds is 13. The second kappa shape index (κ2) is 20.1. The molecule has 3 aliphatic rings. The normalized spacial score (nSPS) is 27.4. The van der Waals surface area contributed by atoms with Crippen LogP contribution in [0.1, 0.15) is 217 Å². The number of hydrogen-bond donors (Lipinski definition) is 2. The van der Waals surface area contributed by atoms with Gasteiger partial charge >= 0.3 is 11.9 Å². The maximum atomic E-state index is 15.1. The fourth-order valence-electron chi connectivity index (χ4n) is 11.1. The minimum atomic E-state index is -0.442. The van der Waals surface area contributed by atoms with Crippen molar-refractivity contribution in [2.24, 2.45) is 79.2 Å². The zero-order valence-electron chi connectivity index (χ0n) is 43.5. The summed E-state index contributed by atoms with van der Waals surface area (Å²) in [7, 11) is 0. The molecule has 63 heavy (non-hydrogen) atoms. The minimum Gasteiger partial charge on any atom is -0.458 e. The van der Waals surface area contributed by atoms with E-state index in [2.05, 4.69) is 138 Å². The Labute approximate surface area is 383 Å². The van der Waals surface area contributed by atoms with Gasteiger partial charge in [-0.3, -0.25) is 4.79 Å². The van der Waals surface area contributed by atoms with Gasteiger partial charge in [0.15, 0.2) is 5.70 Å². The van der Waals surface area contributed by atoms with Crippen molar-refractivity contribution in [3.63, 3.8) is 0 Å². The number of nitrogens with one attached hydrogen (secondary N) is 2. The van der Waals surface area contributed by atoms with Gasteiger partial charge in [-0.15, -0.1) is 10.2 Å². The number of aromatic amines is 1. The molecule has 1 aromatic rings. The van der Waals surface area contributed by atoms with Crippen LogP contribution in [0.25, 0.3) is 6.08 Å². The van der Waals surface area contributed by atoms with Crippen molar-refractivity contribution < 1.29 is 23.9 Å². The van der Waals surface area contributed by atoms with E-state index in [0.29, 0.717) is 46.6 Å². The van der Waals surface area contributed by atoms with Gasteiger partial charge in [-0.2, -0.15) is 0 Å². The Bertz CT molecular complexity index is 1820. The van der Waals surface area contributed by atoms with Crippen LogP contribution in [0.4, 0.5) is 5.82 Å². The first-order valence-electron chi connectivity index (χ1n) is 24.8. The predicted molar refractivity (Wildman–Crippen MR) is 259 cm³/mol. The molecule has 5 atom stereocenters. The first-order chi connectivity index (χ1) is 28.9. The van der Waals surface area contributed by atoms with Crippen molar-refractivity contribution in [1.82, 2.24) is 4.98 Å². The maximum Gasteiger partial charge on any atom is 0.359 e. The summed E-state index contributed by atoms with van der Waals surface area (Å²) in [5.41, 5.74) is 2.89. The van der Waals surface area contributed by atoms with E-state index >= 15 is 4.79 Å². The van der Waals surface area contributed by atoms with Crippen LogP contribution in [0.5, 0.6) is 0 Å². The fourth-order valence-corrected chi connectivity index (χ4v) is 11.1. The molecule has 1 aliphatic heterocycles. The largest absolute Gasteiger partial charge is 0.458 e. The zero-order chi connectivity index (χ0) is 47.7. The van der Waals surface area contributed by atoms with Crippen LogP contribution in [0.2, 0.25) is 0 Å². The number of unbranched alkanes of at least 4 members (excludes halogenated alkanes) is 1. The Morgan fingerprint density at radius 3 is 1.52 bits per heavy atom. The lowest BCUT2D eigenvalue weighted by molar-refractivity contribution is -0.165. The molecule has 9 nitrogen and oxygen atoms in total. The Balaban J connectivity index is 1.88. The van der Waals surface area contributed by atoms with Crippen LogP contribution in [-0.4, -0.2) is 35.0 Å². The molecule has 4 rings (SSSR count). The summed E-state index contributed by atoms with van der Waals surface area (Å²) < 4.78 is 13.5. The SMILES string of the molecule is CCCCC(CC)C(=O)Nc1[nH]c(C=C2N=NC(C(=O)OC3C(C(C)(C)C)CC(C)CC3C(C)(C)C)=C2C(C)C)c(C(C)C)c1C(=O)OC1C(C(C)(C)C)CC(C)CC1C(C)(C)C. The van der Waals surface area contributed by atoms with Gasteiger partial charge in [0.1, 0.15) is 23.6 Å². The highest BCUT2D eigenvalue weighted by molar-refractivity contribution is 6.03. The lowest BCUT2D eigenvalue weighted by Gasteiger charge is -2.50. The van der Waals surface area contributed by atoms with E-state index in [1.807, 2.05) is 26.8 Å². The van der Waals surface area contributed by atoms with Crippen LogP contribution in [0.3, 0.4) is 0 Å². The summed E-state index contributed by atoms with van der Waals surface area (Å²) in [4.78, 5) is 47.2. The number of azo groups is 1. The molecule has 2 N–H and O–H groups in total. The molecule has 356 valence electrons. The molecule has 0 aromatic carbocycles. The third-order valence-corrected chi connectivity index (χ3v) is 14.9. The zero-order valence-corrected chi connectivity index (χ0v) is 43.5. The fraction of sp³-hybridized carbons (Fsp3) is 0.796. The van der Waals surface area contributed by atoms with Gasteiger partial charge in [0.05, 0.1) is 5.70 Å². The molecule has 0 saturated heterocycles. The molecule has 1 amide bonds. The van der Waals surface area contributed by atoms with Crippen molar-refractivity contribution in [2.45, 2.75) is 208 Å². The van der Waals surface area contributed by atoms with Gasteiger partial charge < -0.3 is 19.8 Å². The van der Waals surface area contributed by atoms with Crippen LogP contribution in [0.15, 0.2) is 27.2 Å². The molecule has 0 spiro atoms. The second-order valence-electron chi connectivity index (χ2n) is 25.0. The number of esters is 2. The maximum absolute atomic E-state index is 15.1. The third kappa shape index (κ3) is 12.4. The number of ether oxygens (including phenoxy) is 2. The first kappa shape index (κ1) is 52.4. The van der Waals surface area contributed by atoms with E-state index in [9.17, 15) is 9.59 Å². The average Bonchev–Trinajstić information content (AvgIpc) is 3.73. The molecular formula is C54H90N4O5. The van der Waals surface area contributed by atoms with Gasteiger partial charge in [0.2, 0.25) is 5.91 Å². The minimum absolute atomic E-state index is 0.0582. The van der Waals surface area contributed by atoms with Gasteiger partial charge in [-0.05, 0) is 95.5 Å². The van der Waals surface area contributed by atoms with Crippen LogP contribution in [0, 0.1) is 69.0 Å². The average molecular weight is 875 g/mol. The monoisotopic (exact) mass is 875 g/mol. The second-order valence-corrected chi connectivity index (χ2v) is 25.0. The quantitative estimate of drug-likeness (QED) is 0.191. The summed E-state index contributed by atoms with van der Waals surface area (Å²) in [6.45, 7) is 44.1.